The predicted molar refractivity (Wildman–Crippen MR) is 90.3 cm³/mol. The summed E-state index contributed by atoms with van der Waals surface area (Å²) < 4.78 is 0. The Morgan fingerprint density at radius 2 is 2.29 bits per heavy atom. The van der Waals surface area contributed by atoms with E-state index < -0.39 is 0 Å². The molecule has 2 rings (SSSR count). The molecule has 1 aromatic carbocycles. The first kappa shape index (κ1) is 17.8. The lowest BCUT2D eigenvalue weighted by molar-refractivity contribution is -0.122. The second-order valence-corrected chi connectivity index (χ2v) is 5.36. The molecular weight excluding hydrogens is 286 g/mol. The monoisotopic (exact) mass is 311 g/mol. The van der Waals surface area contributed by atoms with Crippen LogP contribution in [0.25, 0.3) is 0 Å². The quantitative estimate of drug-likeness (QED) is 0.846. The molecule has 1 saturated heterocycles. The van der Waals surface area contributed by atoms with Gasteiger partial charge in [0, 0.05) is 25.3 Å². The second-order valence-electron chi connectivity index (χ2n) is 5.36. The van der Waals surface area contributed by atoms with Crippen LogP contribution >= 0.6 is 12.4 Å². The van der Waals surface area contributed by atoms with Gasteiger partial charge in [0.2, 0.25) is 5.91 Å². The van der Waals surface area contributed by atoms with Crippen LogP contribution in [0.4, 0.5) is 5.69 Å². The molecule has 1 heterocycles. The van der Waals surface area contributed by atoms with Crippen LogP contribution in [0.2, 0.25) is 0 Å². The van der Waals surface area contributed by atoms with Gasteiger partial charge in [0.25, 0.3) is 0 Å². The zero-order valence-corrected chi connectivity index (χ0v) is 13.7. The number of amides is 1. The molecular formula is C16H26ClN3O. The third-order valence-corrected chi connectivity index (χ3v) is 3.81. The van der Waals surface area contributed by atoms with E-state index in [4.69, 9.17) is 0 Å². The molecule has 1 atom stereocenters. The fourth-order valence-electron chi connectivity index (χ4n) is 2.64. The summed E-state index contributed by atoms with van der Waals surface area (Å²) in [5.41, 5.74) is 2.49. The van der Waals surface area contributed by atoms with Crippen molar-refractivity contribution in [1.29, 1.82) is 0 Å². The van der Waals surface area contributed by atoms with Crippen molar-refractivity contribution in [3.8, 4) is 0 Å². The zero-order valence-electron chi connectivity index (χ0n) is 12.9. The number of halogens is 1. The van der Waals surface area contributed by atoms with Crippen LogP contribution in [-0.4, -0.2) is 38.1 Å². The van der Waals surface area contributed by atoms with Gasteiger partial charge >= 0.3 is 0 Å². The van der Waals surface area contributed by atoms with Gasteiger partial charge in [0.1, 0.15) is 0 Å². The first-order chi connectivity index (χ1) is 9.70. The topological polar surface area (TPSA) is 44.4 Å². The molecule has 1 aliphatic heterocycles. The highest BCUT2D eigenvalue weighted by molar-refractivity contribution is 5.85. The minimum atomic E-state index is 0. The van der Waals surface area contributed by atoms with E-state index in [1.165, 1.54) is 11.3 Å². The third kappa shape index (κ3) is 5.21. The summed E-state index contributed by atoms with van der Waals surface area (Å²) in [6.07, 6.45) is 2.06. The van der Waals surface area contributed by atoms with Gasteiger partial charge in [-0.25, -0.2) is 0 Å². The van der Waals surface area contributed by atoms with Crippen molar-refractivity contribution in [3.05, 3.63) is 29.8 Å². The van der Waals surface area contributed by atoms with E-state index >= 15 is 0 Å². The number of nitrogens with one attached hydrogen (secondary N) is 2. The van der Waals surface area contributed by atoms with Gasteiger partial charge in [0.15, 0.2) is 0 Å². The SMILES string of the molecule is CCN(CCNC(=O)C1CCCN1)c1cccc(C)c1.Cl. The predicted octanol–water partition coefficient (Wildman–Crippen LogP) is 2.11. The lowest BCUT2D eigenvalue weighted by Crippen LogP contribution is -2.43. The molecule has 2 N–H and O–H groups in total. The van der Waals surface area contributed by atoms with Crippen LogP contribution in [0, 0.1) is 6.92 Å². The Balaban J connectivity index is 0.00000220. The number of carbonyl (C=O) groups excluding carboxylic acids is 1. The number of hydrogen-bond acceptors (Lipinski definition) is 3. The maximum Gasteiger partial charge on any atom is 0.237 e. The molecule has 118 valence electrons. The summed E-state index contributed by atoms with van der Waals surface area (Å²) in [5, 5.41) is 6.25. The Bertz CT molecular complexity index is 447. The van der Waals surface area contributed by atoms with E-state index in [0.29, 0.717) is 6.54 Å². The summed E-state index contributed by atoms with van der Waals surface area (Å²) in [6.45, 7) is 7.69. The Hall–Kier alpha value is -1.26. The smallest absolute Gasteiger partial charge is 0.237 e. The van der Waals surface area contributed by atoms with Gasteiger partial charge in [-0.3, -0.25) is 4.79 Å². The summed E-state index contributed by atoms with van der Waals surface area (Å²) in [7, 11) is 0. The van der Waals surface area contributed by atoms with Gasteiger partial charge in [-0.1, -0.05) is 12.1 Å². The van der Waals surface area contributed by atoms with Crippen molar-refractivity contribution in [2.45, 2.75) is 32.7 Å². The summed E-state index contributed by atoms with van der Waals surface area (Å²) in [5.74, 6) is 0.141. The molecule has 0 aliphatic carbocycles. The van der Waals surface area contributed by atoms with Crippen molar-refractivity contribution >= 4 is 24.0 Å². The van der Waals surface area contributed by atoms with E-state index in [9.17, 15) is 4.79 Å². The zero-order chi connectivity index (χ0) is 14.4. The molecule has 1 aliphatic rings. The van der Waals surface area contributed by atoms with E-state index in [1.54, 1.807) is 0 Å². The normalized spacial score (nSPS) is 17.1. The van der Waals surface area contributed by atoms with Gasteiger partial charge < -0.3 is 15.5 Å². The maximum atomic E-state index is 11.9. The van der Waals surface area contributed by atoms with Crippen LogP contribution < -0.4 is 15.5 Å². The van der Waals surface area contributed by atoms with Crippen LogP contribution in [0.15, 0.2) is 24.3 Å². The van der Waals surface area contributed by atoms with E-state index in [-0.39, 0.29) is 24.4 Å². The average Bonchev–Trinajstić information content (AvgIpc) is 2.97. The second kappa shape index (κ2) is 8.90. The number of nitrogens with zero attached hydrogens (tertiary/aromatic N) is 1. The fourth-order valence-corrected chi connectivity index (χ4v) is 2.64. The van der Waals surface area contributed by atoms with Gasteiger partial charge in [-0.05, 0) is 50.9 Å². The average molecular weight is 312 g/mol. The number of aryl methyl sites for hydroxylation is 1. The number of benzene rings is 1. The Morgan fingerprint density at radius 3 is 2.90 bits per heavy atom. The Morgan fingerprint density at radius 1 is 1.48 bits per heavy atom. The molecule has 1 aromatic rings. The molecule has 0 bridgehead atoms. The molecule has 1 unspecified atom stereocenters. The molecule has 5 heteroatoms. The highest BCUT2D eigenvalue weighted by Gasteiger charge is 2.21. The largest absolute Gasteiger partial charge is 0.370 e. The number of likely N-dealkylation sites (N-methyl/N-ethyl adjacent to an activating group) is 1. The van der Waals surface area contributed by atoms with Crippen LogP contribution in [-0.2, 0) is 4.79 Å². The molecule has 4 nitrogen and oxygen atoms in total. The highest BCUT2D eigenvalue weighted by Crippen LogP contribution is 2.15. The summed E-state index contributed by atoms with van der Waals surface area (Å²) in [4.78, 5) is 14.2. The first-order valence-electron chi connectivity index (χ1n) is 7.53. The van der Waals surface area contributed by atoms with Crippen LogP contribution in [0.5, 0.6) is 0 Å². The molecule has 0 spiro atoms. The highest BCUT2D eigenvalue weighted by atomic mass is 35.5. The molecule has 21 heavy (non-hydrogen) atoms. The standard InChI is InChI=1S/C16H25N3O.ClH/c1-3-19(14-7-4-6-13(2)12-14)11-10-18-16(20)15-8-5-9-17-15;/h4,6-7,12,15,17H,3,5,8-11H2,1-2H3,(H,18,20);1H. The van der Waals surface area contributed by atoms with Crippen molar-refractivity contribution in [3.63, 3.8) is 0 Å². The molecule has 1 amide bonds. The lowest BCUT2D eigenvalue weighted by Gasteiger charge is -2.24. The lowest BCUT2D eigenvalue weighted by atomic mass is 10.2. The molecule has 0 aromatic heterocycles. The molecule has 1 fully saturated rings. The summed E-state index contributed by atoms with van der Waals surface area (Å²) in [6, 6.07) is 8.50. The van der Waals surface area contributed by atoms with Crippen LogP contribution in [0.3, 0.4) is 0 Å². The van der Waals surface area contributed by atoms with E-state index in [0.717, 1.165) is 32.5 Å². The van der Waals surface area contributed by atoms with E-state index in [2.05, 4.69) is 53.6 Å². The van der Waals surface area contributed by atoms with E-state index in [1.807, 2.05) is 0 Å². The van der Waals surface area contributed by atoms with Crippen LogP contribution in [0.1, 0.15) is 25.3 Å². The Kier molecular flexibility index (Phi) is 7.54. The van der Waals surface area contributed by atoms with Gasteiger partial charge in [-0.15, -0.1) is 12.4 Å². The number of carbonyl (C=O) groups is 1. The number of anilines is 1. The van der Waals surface area contributed by atoms with Gasteiger partial charge in [0.05, 0.1) is 6.04 Å². The first-order valence-corrected chi connectivity index (χ1v) is 7.53. The third-order valence-electron chi connectivity index (χ3n) is 3.81. The number of rotatable bonds is 6. The van der Waals surface area contributed by atoms with Gasteiger partial charge in [-0.2, -0.15) is 0 Å². The van der Waals surface area contributed by atoms with Crippen molar-refractivity contribution in [2.24, 2.45) is 0 Å². The van der Waals surface area contributed by atoms with Crippen molar-refractivity contribution < 1.29 is 4.79 Å². The van der Waals surface area contributed by atoms with Crippen molar-refractivity contribution in [2.75, 3.05) is 31.1 Å². The minimum Gasteiger partial charge on any atom is -0.370 e. The Labute approximate surface area is 133 Å². The number of hydrogen-bond donors (Lipinski definition) is 2. The maximum absolute atomic E-state index is 11.9. The molecule has 0 saturated carbocycles. The van der Waals surface area contributed by atoms with Crippen molar-refractivity contribution in [1.82, 2.24) is 10.6 Å². The minimum absolute atomic E-state index is 0. The fraction of sp³-hybridized carbons (Fsp3) is 0.562. The molecule has 0 radical (unpaired) electrons. The summed E-state index contributed by atoms with van der Waals surface area (Å²) >= 11 is 0.